The number of likely N-dealkylation sites (N-methyl/N-ethyl adjacent to an activating group) is 1. The second kappa shape index (κ2) is 6.78. The summed E-state index contributed by atoms with van der Waals surface area (Å²) in [6.07, 6.45) is 3.45. The summed E-state index contributed by atoms with van der Waals surface area (Å²) in [6, 6.07) is 0. The van der Waals surface area contributed by atoms with E-state index < -0.39 is 5.41 Å². The number of piperazine rings is 1. The lowest BCUT2D eigenvalue weighted by Crippen LogP contribution is -2.47. The van der Waals surface area contributed by atoms with Crippen LogP contribution in [0.2, 0.25) is 0 Å². The van der Waals surface area contributed by atoms with Gasteiger partial charge in [0.25, 0.3) is 5.91 Å². The zero-order valence-corrected chi connectivity index (χ0v) is 16.7. The Bertz CT molecular complexity index is 744. The van der Waals surface area contributed by atoms with Crippen molar-refractivity contribution in [2.75, 3.05) is 39.5 Å². The fourth-order valence-electron chi connectivity index (χ4n) is 3.52. The molecule has 0 bridgehead atoms. The van der Waals surface area contributed by atoms with Gasteiger partial charge < -0.3 is 14.9 Å². The second-order valence-corrected chi connectivity index (χ2v) is 9.40. The molecule has 3 rings (SSSR count). The van der Waals surface area contributed by atoms with E-state index in [0.717, 1.165) is 42.2 Å². The summed E-state index contributed by atoms with van der Waals surface area (Å²) >= 11 is 2.92. The maximum absolute atomic E-state index is 13.1. The van der Waals surface area contributed by atoms with Crippen LogP contribution in [0.25, 0.3) is 0 Å². The number of hydrogen-bond acceptors (Lipinski definition) is 6. The number of aliphatic hydroxyl groups excluding tert-OH is 1. The number of Topliss-reactive ketones (excluding diaryl/α,β-unsaturated/α-hetero) is 1. The molecule has 0 saturated carbocycles. The number of carbonyl (C=O) groups is 2. The summed E-state index contributed by atoms with van der Waals surface area (Å²) in [5, 5.41) is 9.56. The first kappa shape index (κ1) is 18.5. The largest absolute Gasteiger partial charge is 0.515 e. The Hall–Kier alpha value is -1.31. The van der Waals surface area contributed by atoms with Crippen molar-refractivity contribution in [2.24, 2.45) is 5.41 Å². The molecule has 136 valence electrons. The number of allylic oxidation sites excluding steroid dienone is 1. The van der Waals surface area contributed by atoms with Crippen LogP contribution in [0.4, 0.5) is 0 Å². The van der Waals surface area contributed by atoms with E-state index in [1.54, 1.807) is 0 Å². The summed E-state index contributed by atoms with van der Waals surface area (Å²) in [4.78, 5) is 30.8. The quantitative estimate of drug-likeness (QED) is 0.485. The molecule has 1 aliphatic heterocycles. The van der Waals surface area contributed by atoms with Crippen LogP contribution in [-0.4, -0.2) is 66.1 Å². The number of hydrogen-bond donors (Lipinski definition) is 1. The average Bonchev–Trinajstić information content (AvgIpc) is 2.92. The van der Waals surface area contributed by atoms with Crippen LogP contribution in [0, 0.1) is 5.41 Å². The van der Waals surface area contributed by atoms with Gasteiger partial charge in [-0.05, 0) is 25.3 Å². The van der Waals surface area contributed by atoms with Crippen LogP contribution >= 0.6 is 23.1 Å². The normalized spacial score (nSPS) is 22.3. The standard InChI is InChI=1S/C18H24N2O3S2/c1-18(2)9-11-13(14(22)12(18)10-21)17(24-4)25-15(11)16(23)20-7-5-19(3)6-8-20/h10,21H,5-9H2,1-4H3. The summed E-state index contributed by atoms with van der Waals surface area (Å²) in [6.45, 7) is 7.06. The van der Waals surface area contributed by atoms with Gasteiger partial charge in [0, 0.05) is 37.2 Å². The number of rotatable bonds is 2. The van der Waals surface area contributed by atoms with Crippen molar-refractivity contribution < 1.29 is 14.7 Å². The summed E-state index contributed by atoms with van der Waals surface area (Å²) < 4.78 is 0.868. The molecular weight excluding hydrogens is 356 g/mol. The van der Waals surface area contributed by atoms with E-state index in [4.69, 9.17) is 0 Å². The van der Waals surface area contributed by atoms with Gasteiger partial charge in [0.1, 0.15) is 0 Å². The zero-order valence-electron chi connectivity index (χ0n) is 15.1. The van der Waals surface area contributed by atoms with Crippen molar-refractivity contribution in [1.29, 1.82) is 0 Å². The lowest BCUT2D eigenvalue weighted by atomic mass is 9.71. The molecule has 0 aromatic carbocycles. The second-order valence-electron chi connectivity index (χ2n) is 7.30. The Balaban J connectivity index is 2.04. The molecule has 0 radical (unpaired) electrons. The molecule has 2 heterocycles. The number of carbonyl (C=O) groups excluding carboxylic acids is 2. The van der Waals surface area contributed by atoms with Crippen LogP contribution in [0.3, 0.4) is 0 Å². The van der Waals surface area contributed by atoms with Gasteiger partial charge in [-0.1, -0.05) is 13.8 Å². The van der Waals surface area contributed by atoms with Gasteiger partial charge in [-0.3, -0.25) is 9.59 Å². The summed E-state index contributed by atoms with van der Waals surface area (Å²) in [5.41, 5.74) is 1.42. The van der Waals surface area contributed by atoms with Crippen LogP contribution in [-0.2, 0) is 6.42 Å². The van der Waals surface area contributed by atoms with Gasteiger partial charge in [0.05, 0.1) is 20.9 Å². The third-order valence-corrected chi connectivity index (χ3v) is 7.43. The number of aliphatic hydroxyl groups is 1. The van der Waals surface area contributed by atoms with Crippen molar-refractivity contribution in [1.82, 2.24) is 9.80 Å². The lowest BCUT2D eigenvalue weighted by molar-refractivity contribution is 0.0667. The Morgan fingerprint density at radius 3 is 2.48 bits per heavy atom. The molecule has 0 spiro atoms. The third kappa shape index (κ3) is 3.13. The predicted octanol–water partition coefficient (Wildman–Crippen LogP) is 3.06. The topological polar surface area (TPSA) is 60.9 Å². The molecule has 7 heteroatoms. The van der Waals surface area contributed by atoms with Gasteiger partial charge in [-0.15, -0.1) is 23.1 Å². The first-order chi connectivity index (χ1) is 11.8. The zero-order chi connectivity index (χ0) is 18.4. The van der Waals surface area contributed by atoms with Crippen molar-refractivity contribution in [3.8, 4) is 0 Å². The minimum Gasteiger partial charge on any atom is -0.515 e. The first-order valence-electron chi connectivity index (χ1n) is 8.37. The number of ketones is 1. The molecule has 1 amide bonds. The number of thioether (sulfide) groups is 1. The Morgan fingerprint density at radius 2 is 1.92 bits per heavy atom. The van der Waals surface area contributed by atoms with E-state index in [-0.39, 0.29) is 11.7 Å². The van der Waals surface area contributed by atoms with E-state index >= 15 is 0 Å². The summed E-state index contributed by atoms with van der Waals surface area (Å²) in [5.74, 6) is -0.110. The van der Waals surface area contributed by atoms with Gasteiger partial charge in [-0.2, -0.15) is 0 Å². The smallest absolute Gasteiger partial charge is 0.264 e. The fourth-order valence-corrected chi connectivity index (χ4v) is 5.54. The molecule has 1 aromatic rings. The highest BCUT2D eigenvalue weighted by Gasteiger charge is 2.42. The average molecular weight is 381 g/mol. The molecular formula is C18H24N2O3S2. The van der Waals surface area contributed by atoms with Crippen LogP contribution < -0.4 is 0 Å². The van der Waals surface area contributed by atoms with Crippen LogP contribution in [0.5, 0.6) is 0 Å². The van der Waals surface area contributed by atoms with E-state index in [1.165, 1.54) is 23.1 Å². The molecule has 1 saturated heterocycles. The number of thiophene rings is 1. The van der Waals surface area contributed by atoms with Gasteiger partial charge in [-0.25, -0.2) is 0 Å². The summed E-state index contributed by atoms with van der Waals surface area (Å²) in [7, 11) is 2.06. The number of amides is 1. The fraction of sp³-hybridized carbons (Fsp3) is 0.556. The molecule has 0 unspecified atom stereocenters. The monoisotopic (exact) mass is 380 g/mol. The molecule has 1 aliphatic carbocycles. The Kier molecular flexibility index (Phi) is 5.01. The third-order valence-electron chi connectivity index (χ3n) is 5.09. The van der Waals surface area contributed by atoms with Gasteiger partial charge >= 0.3 is 0 Å². The van der Waals surface area contributed by atoms with Crippen molar-refractivity contribution >= 4 is 34.8 Å². The van der Waals surface area contributed by atoms with E-state index in [2.05, 4.69) is 11.9 Å². The molecule has 2 aliphatic rings. The first-order valence-corrected chi connectivity index (χ1v) is 10.4. The highest BCUT2D eigenvalue weighted by Crippen LogP contribution is 2.47. The number of fused-ring (bicyclic) bond motifs is 1. The van der Waals surface area contributed by atoms with Crippen LogP contribution in [0.15, 0.2) is 16.0 Å². The molecule has 1 fully saturated rings. The van der Waals surface area contributed by atoms with Gasteiger partial charge in [0.2, 0.25) is 0 Å². The highest BCUT2D eigenvalue weighted by molar-refractivity contribution is 8.00. The van der Waals surface area contributed by atoms with E-state index in [0.29, 0.717) is 22.4 Å². The van der Waals surface area contributed by atoms with E-state index in [9.17, 15) is 14.7 Å². The van der Waals surface area contributed by atoms with Crippen molar-refractivity contribution in [3.63, 3.8) is 0 Å². The number of nitrogens with zero attached hydrogens (tertiary/aromatic N) is 2. The lowest BCUT2D eigenvalue weighted by Gasteiger charge is -2.34. The maximum atomic E-state index is 13.1. The predicted molar refractivity (Wildman–Crippen MR) is 102 cm³/mol. The molecule has 1 N–H and O–H groups in total. The highest BCUT2D eigenvalue weighted by atomic mass is 32.2. The maximum Gasteiger partial charge on any atom is 0.264 e. The Morgan fingerprint density at radius 1 is 1.28 bits per heavy atom. The Labute approximate surface area is 156 Å². The molecule has 0 atom stereocenters. The molecule has 5 nitrogen and oxygen atoms in total. The minimum absolute atomic E-state index is 0.0367. The van der Waals surface area contributed by atoms with Crippen molar-refractivity contribution in [2.45, 2.75) is 24.5 Å². The molecule has 25 heavy (non-hydrogen) atoms. The minimum atomic E-state index is -0.479. The molecule has 1 aromatic heterocycles. The SMILES string of the molecule is CSc1sc(C(=O)N2CCN(C)CC2)c2c1C(=O)C(=CO)C(C)(C)C2. The van der Waals surface area contributed by atoms with Crippen LogP contribution in [0.1, 0.15) is 39.4 Å². The van der Waals surface area contributed by atoms with Gasteiger partial charge in [0.15, 0.2) is 5.78 Å². The van der Waals surface area contributed by atoms with Crippen molar-refractivity contribution in [3.05, 3.63) is 27.8 Å². The van der Waals surface area contributed by atoms with E-state index in [1.807, 2.05) is 25.0 Å².